The molecule has 1 aliphatic rings. The van der Waals surface area contributed by atoms with Crippen molar-refractivity contribution in [3.05, 3.63) is 53.9 Å². The van der Waals surface area contributed by atoms with E-state index in [0.29, 0.717) is 12.3 Å². The number of thioether (sulfide) groups is 1. The molecule has 0 unspecified atom stereocenters. The van der Waals surface area contributed by atoms with Gasteiger partial charge in [0.05, 0.1) is 17.1 Å². The number of ether oxygens (including phenoxy) is 2. The number of urea groups is 1. The highest BCUT2D eigenvalue weighted by Gasteiger charge is 2.21. The van der Waals surface area contributed by atoms with Crippen LogP contribution in [0.2, 0.25) is 0 Å². The number of carbonyl (C=O) groups is 1. The van der Waals surface area contributed by atoms with E-state index in [1.807, 2.05) is 49.5 Å². The van der Waals surface area contributed by atoms with Crippen molar-refractivity contribution in [2.45, 2.75) is 19.0 Å². The third-order valence-electron chi connectivity index (χ3n) is 4.94. The second-order valence-corrected chi connectivity index (χ2v) is 7.85. The number of hydrogen-bond acceptors (Lipinski definition) is 5. The first kappa shape index (κ1) is 19.4. The molecule has 1 aliphatic heterocycles. The summed E-state index contributed by atoms with van der Waals surface area (Å²) in [5.74, 6) is 3.23. The van der Waals surface area contributed by atoms with Crippen LogP contribution in [-0.2, 0) is 13.6 Å². The van der Waals surface area contributed by atoms with Crippen LogP contribution in [0.4, 0.5) is 4.79 Å². The molecular weight excluding hydrogens is 388 g/mol. The average molecular weight is 413 g/mol. The Morgan fingerprint density at radius 3 is 2.90 bits per heavy atom. The van der Waals surface area contributed by atoms with Gasteiger partial charge in [-0.05, 0) is 48.3 Å². The standard InChI is InChI=1S/C21H24N4O3S/c1-25-17-6-4-3-5-15(17)23-20(25)16(9-10-29-2)24-21(26)22-12-14-7-8-18-19(11-14)28-13-27-18/h3-8,11,16H,9-10,12-13H2,1-2H3,(H2,22,24,26)/t16-/m1/s1. The second kappa shape index (κ2) is 8.65. The molecule has 0 saturated carbocycles. The van der Waals surface area contributed by atoms with Gasteiger partial charge in [0, 0.05) is 13.6 Å². The van der Waals surface area contributed by atoms with E-state index >= 15 is 0 Å². The van der Waals surface area contributed by atoms with Gasteiger partial charge >= 0.3 is 6.03 Å². The molecule has 2 heterocycles. The Bertz CT molecular complexity index is 1020. The number of amides is 2. The van der Waals surface area contributed by atoms with Gasteiger partial charge in [0.15, 0.2) is 11.5 Å². The average Bonchev–Trinajstić information content (AvgIpc) is 3.34. The number of nitrogens with zero attached hydrogens (tertiary/aromatic N) is 2. The van der Waals surface area contributed by atoms with Gasteiger partial charge < -0.3 is 24.7 Å². The van der Waals surface area contributed by atoms with E-state index in [4.69, 9.17) is 14.5 Å². The summed E-state index contributed by atoms with van der Waals surface area (Å²) < 4.78 is 12.8. The zero-order valence-electron chi connectivity index (χ0n) is 16.5. The Morgan fingerprint density at radius 2 is 2.07 bits per heavy atom. The van der Waals surface area contributed by atoms with E-state index in [2.05, 4.69) is 21.5 Å². The molecule has 0 saturated heterocycles. The first-order chi connectivity index (χ1) is 14.2. The lowest BCUT2D eigenvalue weighted by Crippen LogP contribution is -2.38. The zero-order chi connectivity index (χ0) is 20.2. The lowest BCUT2D eigenvalue weighted by Gasteiger charge is -2.19. The van der Waals surface area contributed by atoms with Crippen LogP contribution < -0.4 is 20.1 Å². The van der Waals surface area contributed by atoms with Crippen LogP contribution in [0.25, 0.3) is 11.0 Å². The van der Waals surface area contributed by atoms with Crippen molar-refractivity contribution in [3.8, 4) is 11.5 Å². The predicted molar refractivity (Wildman–Crippen MR) is 114 cm³/mol. The van der Waals surface area contributed by atoms with Gasteiger partial charge in [0.2, 0.25) is 6.79 Å². The molecule has 0 radical (unpaired) electrons. The monoisotopic (exact) mass is 412 g/mol. The number of nitrogens with one attached hydrogen (secondary N) is 2. The summed E-state index contributed by atoms with van der Waals surface area (Å²) in [6.07, 6.45) is 2.86. The van der Waals surface area contributed by atoms with Crippen LogP contribution in [-0.4, -0.2) is 34.4 Å². The van der Waals surface area contributed by atoms with Gasteiger partial charge in [0.25, 0.3) is 0 Å². The van der Waals surface area contributed by atoms with Crippen LogP contribution in [0.3, 0.4) is 0 Å². The molecule has 2 N–H and O–H groups in total. The van der Waals surface area contributed by atoms with Crippen LogP contribution in [0.1, 0.15) is 23.9 Å². The van der Waals surface area contributed by atoms with Crippen molar-refractivity contribution in [2.75, 3.05) is 18.8 Å². The number of rotatable bonds is 7. The Morgan fingerprint density at radius 1 is 1.24 bits per heavy atom. The fourth-order valence-corrected chi connectivity index (χ4v) is 3.89. The SMILES string of the molecule is CSCC[C@@H](NC(=O)NCc1ccc2c(c1)OCO2)c1nc2ccccc2n1C. The molecule has 4 rings (SSSR count). The number of benzene rings is 2. The molecule has 152 valence electrons. The lowest BCUT2D eigenvalue weighted by atomic mass is 10.2. The Kier molecular flexibility index (Phi) is 5.80. The molecule has 1 aromatic heterocycles. The van der Waals surface area contributed by atoms with E-state index in [1.54, 1.807) is 11.8 Å². The zero-order valence-corrected chi connectivity index (χ0v) is 17.3. The number of aromatic nitrogens is 2. The quantitative estimate of drug-likeness (QED) is 0.620. The maximum absolute atomic E-state index is 12.6. The topological polar surface area (TPSA) is 77.4 Å². The third-order valence-corrected chi connectivity index (χ3v) is 5.58. The number of imidazole rings is 1. The van der Waals surface area contributed by atoms with Crippen molar-refractivity contribution in [1.82, 2.24) is 20.2 Å². The molecular formula is C21H24N4O3S. The predicted octanol–water partition coefficient (Wildman–Crippen LogP) is 3.60. The lowest BCUT2D eigenvalue weighted by molar-refractivity contribution is 0.174. The van der Waals surface area contributed by atoms with Crippen molar-refractivity contribution in [1.29, 1.82) is 0 Å². The molecule has 1 atom stereocenters. The number of fused-ring (bicyclic) bond motifs is 2. The maximum atomic E-state index is 12.6. The number of hydrogen-bond donors (Lipinski definition) is 2. The molecule has 2 amide bonds. The first-order valence-electron chi connectivity index (χ1n) is 9.49. The van der Waals surface area contributed by atoms with E-state index < -0.39 is 0 Å². The number of para-hydroxylation sites is 2. The van der Waals surface area contributed by atoms with Gasteiger partial charge in [-0.2, -0.15) is 11.8 Å². The molecule has 8 heteroatoms. The Labute approximate surface area is 173 Å². The molecule has 0 spiro atoms. The summed E-state index contributed by atoms with van der Waals surface area (Å²) in [6.45, 7) is 0.641. The highest BCUT2D eigenvalue weighted by atomic mass is 32.2. The summed E-state index contributed by atoms with van der Waals surface area (Å²) in [5, 5.41) is 6.02. The summed E-state index contributed by atoms with van der Waals surface area (Å²) in [6, 6.07) is 13.3. The fourth-order valence-electron chi connectivity index (χ4n) is 3.42. The molecule has 7 nitrogen and oxygen atoms in total. The summed E-state index contributed by atoms with van der Waals surface area (Å²) in [7, 11) is 1.99. The number of carbonyl (C=O) groups excluding carboxylic acids is 1. The van der Waals surface area contributed by atoms with Crippen molar-refractivity contribution in [3.63, 3.8) is 0 Å². The van der Waals surface area contributed by atoms with Gasteiger partial charge in [-0.25, -0.2) is 9.78 Å². The van der Waals surface area contributed by atoms with E-state index in [-0.39, 0.29) is 18.9 Å². The van der Waals surface area contributed by atoms with Crippen LogP contribution in [0.15, 0.2) is 42.5 Å². The fraction of sp³-hybridized carbons (Fsp3) is 0.333. The Hall–Kier alpha value is -2.87. The van der Waals surface area contributed by atoms with E-state index in [1.165, 1.54) is 0 Å². The third kappa shape index (κ3) is 4.27. The van der Waals surface area contributed by atoms with E-state index in [0.717, 1.165) is 40.3 Å². The highest BCUT2D eigenvalue weighted by Crippen LogP contribution is 2.32. The minimum Gasteiger partial charge on any atom is -0.454 e. The molecule has 3 aromatic rings. The van der Waals surface area contributed by atoms with Crippen molar-refractivity contribution < 1.29 is 14.3 Å². The van der Waals surface area contributed by atoms with Gasteiger partial charge in [-0.15, -0.1) is 0 Å². The Balaban J connectivity index is 1.44. The second-order valence-electron chi connectivity index (χ2n) is 6.87. The number of aryl methyl sites for hydroxylation is 1. The maximum Gasteiger partial charge on any atom is 0.315 e. The van der Waals surface area contributed by atoms with Crippen LogP contribution in [0, 0.1) is 0 Å². The summed E-state index contributed by atoms with van der Waals surface area (Å²) in [4.78, 5) is 17.4. The highest BCUT2D eigenvalue weighted by molar-refractivity contribution is 7.98. The van der Waals surface area contributed by atoms with E-state index in [9.17, 15) is 4.79 Å². The van der Waals surface area contributed by atoms with Crippen LogP contribution >= 0.6 is 11.8 Å². The molecule has 0 fully saturated rings. The molecule has 2 aromatic carbocycles. The largest absolute Gasteiger partial charge is 0.454 e. The normalized spacial score (nSPS) is 13.4. The molecule has 29 heavy (non-hydrogen) atoms. The first-order valence-corrected chi connectivity index (χ1v) is 10.9. The van der Waals surface area contributed by atoms with Crippen molar-refractivity contribution in [2.24, 2.45) is 7.05 Å². The molecule has 0 bridgehead atoms. The van der Waals surface area contributed by atoms with Crippen molar-refractivity contribution >= 4 is 28.8 Å². The smallest absolute Gasteiger partial charge is 0.315 e. The van der Waals surface area contributed by atoms with Crippen LogP contribution in [0.5, 0.6) is 11.5 Å². The van der Waals surface area contributed by atoms with Gasteiger partial charge in [0.1, 0.15) is 5.82 Å². The van der Waals surface area contributed by atoms with Gasteiger partial charge in [-0.1, -0.05) is 18.2 Å². The summed E-state index contributed by atoms with van der Waals surface area (Å²) >= 11 is 1.75. The minimum atomic E-state index is -0.221. The molecule has 0 aliphatic carbocycles. The van der Waals surface area contributed by atoms with Gasteiger partial charge in [-0.3, -0.25) is 0 Å². The minimum absolute atomic E-state index is 0.170. The summed E-state index contributed by atoms with van der Waals surface area (Å²) in [5.41, 5.74) is 2.94.